The van der Waals surface area contributed by atoms with Gasteiger partial charge in [-0.15, -0.1) is 0 Å². The smallest absolute Gasteiger partial charge is 0.306 e. The lowest BCUT2D eigenvalue weighted by Crippen LogP contribution is -2.21. The Labute approximate surface area is 158 Å². The first-order valence-corrected chi connectivity index (χ1v) is 8.81. The Kier molecular flexibility index (Phi) is 7.55. The van der Waals surface area contributed by atoms with Crippen molar-refractivity contribution in [2.75, 3.05) is 17.2 Å². The summed E-state index contributed by atoms with van der Waals surface area (Å²) in [4.78, 5) is 35.4. The quantitative estimate of drug-likeness (QED) is 0.697. The van der Waals surface area contributed by atoms with E-state index in [1.54, 1.807) is 12.1 Å². The fourth-order valence-corrected chi connectivity index (χ4v) is 2.37. The van der Waals surface area contributed by atoms with Gasteiger partial charge in [-0.1, -0.05) is 35.9 Å². The predicted molar refractivity (Wildman–Crippen MR) is 104 cm³/mol. The molecule has 0 aliphatic carbocycles. The van der Waals surface area contributed by atoms with Gasteiger partial charge in [-0.05, 0) is 44.0 Å². The largest absolute Gasteiger partial charge is 0.456 e. The van der Waals surface area contributed by atoms with Crippen LogP contribution in [0.4, 0.5) is 11.4 Å². The van der Waals surface area contributed by atoms with Crippen LogP contribution in [0.1, 0.15) is 30.4 Å². The number of benzene rings is 2. The van der Waals surface area contributed by atoms with E-state index in [0.29, 0.717) is 12.1 Å². The Morgan fingerprint density at radius 3 is 2.26 bits per heavy atom. The minimum Gasteiger partial charge on any atom is -0.456 e. The van der Waals surface area contributed by atoms with Crippen LogP contribution in [0, 0.1) is 13.8 Å². The van der Waals surface area contributed by atoms with E-state index in [2.05, 4.69) is 10.6 Å². The maximum atomic E-state index is 11.9. The molecule has 0 heterocycles. The van der Waals surface area contributed by atoms with E-state index in [-0.39, 0.29) is 25.4 Å². The predicted octanol–water partition coefficient (Wildman–Crippen LogP) is 3.59. The van der Waals surface area contributed by atoms with Crippen LogP contribution >= 0.6 is 0 Å². The van der Waals surface area contributed by atoms with Gasteiger partial charge in [0.15, 0.2) is 6.61 Å². The average Bonchev–Trinajstić information content (AvgIpc) is 2.64. The van der Waals surface area contributed by atoms with E-state index >= 15 is 0 Å². The summed E-state index contributed by atoms with van der Waals surface area (Å²) < 4.78 is 4.94. The van der Waals surface area contributed by atoms with Crippen LogP contribution < -0.4 is 10.6 Å². The zero-order valence-electron chi connectivity index (χ0n) is 15.6. The van der Waals surface area contributed by atoms with Gasteiger partial charge >= 0.3 is 5.97 Å². The topological polar surface area (TPSA) is 84.5 Å². The lowest BCUT2D eigenvalue weighted by atomic mass is 10.2. The number of esters is 1. The second-order valence-corrected chi connectivity index (χ2v) is 6.29. The number of carbonyl (C=O) groups excluding carboxylic acids is 3. The number of amides is 2. The SMILES string of the molecule is Cc1ccc(NC(=O)COC(=O)CCCC(=O)Nc2ccccc2C)cc1. The number of hydrogen-bond acceptors (Lipinski definition) is 4. The molecule has 2 rings (SSSR count). The summed E-state index contributed by atoms with van der Waals surface area (Å²) in [5.74, 6) is -1.06. The van der Waals surface area contributed by atoms with Crippen molar-refractivity contribution < 1.29 is 19.1 Å². The molecule has 27 heavy (non-hydrogen) atoms. The van der Waals surface area contributed by atoms with Gasteiger partial charge in [0.2, 0.25) is 5.91 Å². The van der Waals surface area contributed by atoms with Gasteiger partial charge in [0.1, 0.15) is 0 Å². The summed E-state index contributed by atoms with van der Waals surface area (Å²) in [7, 11) is 0. The van der Waals surface area contributed by atoms with Crippen molar-refractivity contribution in [3.05, 3.63) is 59.7 Å². The minimum atomic E-state index is -0.502. The molecule has 0 aliphatic rings. The van der Waals surface area contributed by atoms with Crippen LogP contribution in [-0.2, 0) is 19.1 Å². The van der Waals surface area contributed by atoms with Crippen molar-refractivity contribution in [1.29, 1.82) is 0 Å². The molecule has 0 saturated heterocycles. The highest BCUT2D eigenvalue weighted by molar-refractivity contribution is 5.93. The molecule has 2 N–H and O–H groups in total. The summed E-state index contributed by atoms with van der Waals surface area (Å²) >= 11 is 0. The van der Waals surface area contributed by atoms with Gasteiger partial charge < -0.3 is 15.4 Å². The molecule has 6 heteroatoms. The van der Waals surface area contributed by atoms with Gasteiger partial charge in [-0.3, -0.25) is 14.4 Å². The van der Waals surface area contributed by atoms with E-state index in [1.807, 2.05) is 50.2 Å². The first-order chi connectivity index (χ1) is 12.9. The summed E-state index contributed by atoms with van der Waals surface area (Å²) in [5, 5.41) is 5.46. The number of carbonyl (C=O) groups is 3. The van der Waals surface area contributed by atoms with Crippen molar-refractivity contribution in [3.63, 3.8) is 0 Å². The van der Waals surface area contributed by atoms with Crippen molar-refractivity contribution in [2.24, 2.45) is 0 Å². The van der Waals surface area contributed by atoms with Crippen molar-refractivity contribution in [2.45, 2.75) is 33.1 Å². The van der Waals surface area contributed by atoms with E-state index in [0.717, 1.165) is 16.8 Å². The zero-order valence-corrected chi connectivity index (χ0v) is 15.6. The van der Waals surface area contributed by atoms with Crippen molar-refractivity contribution >= 4 is 29.2 Å². The van der Waals surface area contributed by atoms with Crippen molar-refractivity contribution in [1.82, 2.24) is 0 Å². The number of hydrogen-bond donors (Lipinski definition) is 2. The molecular formula is C21H24N2O4. The number of nitrogens with one attached hydrogen (secondary N) is 2. The van der Waals surface area contributed by atoms with E-state index in [4.69, 9.17) is 4.74 Å². The molecule has 0 fully saturated rings. The lowest BCUT2D eigenvalue weighted by Gasteiger charge is -2.08. The third kappa shape index (κ3) is 7.32. The van der Waals surface area contributed by atoms with Gasteiger partial charge in [-0.25, -0.2) is 0 Å². The first-order valence-electron chi connectivity index (χ1n) is 8.81. The molecule has 6 nitrogen and oxygen atoms in total. The molecule has 0 aliphatic heterocycles. The van der Waals surface area contributed by atoms with E-state index in [1.165, 1.54) is 0 Å². The summed E-state index contributed by atoms with van der Waals surface area (Å²) in [6.45, 7) is 3.52. The Morgan fingerprint density at radius 1 is 0.852 bits per heavy atom. The summed E-state index contributed by atoms with van der Waals surface area (Å²) in [6.07, 6.45) is 0.647. The maximum Gasteiger partial charge on any atom is 0.306 e. The number of rotatable bonds is 8. The minimum absolute atomic E-state index is 0.0823. The molecule has 0 bridgehead atoms. The highest BCUT2D eigenvalue weighted by atomic mass is 16.5. The molecule has 0 atom stereocenters. The molecule has 0 saturated carbocycles. The van der Waals surface area contributed by atoms with Gasteiger partial charge in [0, 0.05) is 24.2 Å². The zero-order chi connectivity index (χ0) is 19.6. The third-order valence-electron chi connectivity index (χ3n) is 3.90. The third-order valence-corrected chi connectivity index (χ3v) is 3.90. The standard InChI is InChI=1S/C21H24N2O4/c1-15-10-12-17(13-11-15)22-20(25)14-27-21(26)9-5-8-19(24)23-18-7-4-3-6-16(18)2/h3-4,6-7,10-13H,5,8-9,14H2,1-2H3,(H,22,25)(H,23,24). The number of anilines is 2. The Balaban J connectivity index is 1.63. The van der Waals surface area contributed by atoms with Crippen LogP contribution in [-0.4, -0.2) is 24.4 Å². The summed E-state index contributed by atoms with van der Waals surface area (Å²) in [6, 6.07) is 14.8. The lowest BCUT2D eigenvalue weighted by molar-refractivity contribution is -0.147. The fraction of sp³-hybridized carbons (Fsp3) is 0.286. The molecule has 142 valence electrons. The normalized spacial score (nSPS) is 10.1. The Hall–Kier alpha value is -3.15. The highest BCUT2D eigenvalue weighted by Crippen LogP contribution is 2.14. The average molecular weight is 368 g/mol. The van der Waals surface area contributed by atoms with Gasteiger partial charge in [0.05, 0.1) is 0 Å². The molecule has 2 aromatic rings. The monoisotopic (exact) mass is 368 g/mol. The van der Waals surface area contributed by atoms with Crippen LogP contribution in [0.3, 0.4) is 0 Å². The van der Waals surface area contributed by atoms with Crippen LogP contribution in [0.15, 0.2) is 48.5 Å². The molecule has 0 radical (unpaired) electrons. The Morgan fingerprint density at radius 2 is 1.56 bits per heavy atom. The number of aryl methyl sites for hydroxylation is 2. The van der Waals surface area contributed by atoms with Crippen molar-refractivity contribution in [3.8, 4) is 0 Å². The van der Waals surface area contributed by atoms with Crippen LogP contribution in [0.25, 0.3) is 0 Å². The van der Waals surface area contributed by atoms with Gasteiger partial charge in [0.25, 0.3) is 5.91 Å². The molecule has 2 aromatic carbocycles. The Bertz CT molecular complexity index is 800. The maximum absolute atomic E-state index is 11.9. The van der Waals surface area contributed by atoms with Crippen LogP contribution in [0.5, 0.6) is 0 Å². The molecule has 0 unspecified atom stereocenters. The number of para-hydroxylation sites is 1. The van der Waals surface area contributed by atoms with E-state index in [9.17, 15) is 14.4 Å². The molecule has 2 amide bonds. The molecule has 0 aromatic heterocycles. The number of ether oxygens (including phenoxy) is 1. The molecule has 0 spiro atoms. The second kappa shape index (κ2) is 10.1. The highest BCUT2D eigenvalue weighted by Gasteiger charge is 2.10. The fourth-order valence-electron chi connectivity index (χ4n) is 2.37. The van der Waals surface area contributed by atoms with Gasteiger partial charge in [-0.2, -0.15) is 0 Å². The second-order valence-electron chi connectivity index (χ2n) is 6.29. The molecular weight excluding hydrogens is 344 g/mol. The summed E-state index contributed by atoms with van der Waals surface area (Å²) in [5.41, 5.74) is 3.48. The van der Waals surface area contributed by atoms with E-state index < -0.39 is 11.9 Å². The first kappa shape index (κ1) is 20.2. The van der Waals surface area contributed by atoms with Crippen LogP contribution in [0.2, 0.25) is 0 Å².